The van der Waals surface area contributed by atoms with Gasteiger partial charge in [0.1, 0.15) is 11.2 Å². The lowest BCUT2D eigenvalue weighted by Gasteiger charge is -2.22. The van der Waals surface area contributed by atoms with Crippen LogP contribution in [-0.2, 0) is 0 Å². The van der Waals surface area contributed by atoms with Gasteiger partial charge in [-0.2, -0.15) is 5.10 Å². The first-order chi connectivity index (χ1) is 11.9. The number of aromatic nitrogens is 5. The Balaban J connectivity index is 1.62. The summed E-state index contributed by atoms with van der Waals surface area (Å²) in [4.78, 5) is 12.5. The molecular weight excluding hydrogens is 300 g/mol. The minimum Gasteiger partial charge on any atom is -0.353 e. The van der Waals surface area contributed by atoms with Crippen molar-refractivity contribution in [2.45, 2.75) is 18.8 Å². The molecule has 6 heteroatoms. The molecule has 1 aliphatic rings. The maximum Gasteiger partial charge on any atom is 0.135 e. The van der Waals surface area contributed by atoms with Gasteiger partial charge in [0, 0.05) is 34.9 Å². The van der Waals surface area contributed by atoms with Crippen molar-refractivity contribution in [3.8, 4) is 11.4 Å². The second kappa shape index (κ2) is 5.42. The predicted molar refractivity (Wildman–Crippen MR) is 93.8 cm³/mol. The fourth-order valence-corrected chi connectivity index (χ4v) is 3.55. The normalized spacial score (nSPS) is 16.2. The average molecular weight is 318 g/mol. The van der Waals surface area contributed by atoms with Crippen molar-refractivity contribution >= 4 is 21.9 Å². The van der Waals surface area contributed by atoms with Crippen LogP contribution in [0.1, 0.15) is 24.5 Å². The fourth-order valence-electron chi connectivity index (χ4n) is 3.55. The fraction of sp³-hybridized carbons (Fsp3) is 0.278. The molecule has 0 aromatic carbocycles. The molecule has 1 aliphatic heterocycles. The summed E-state index contributed by atoms with van der Waals surface area (Å²) < 4.78 is 0. The van der Waals surface area contributed by atoms with Crippen molar-refractivity contribution in [1.82, 2.24) is 30.5 Å². The molecule has 3 N–H and O–H groups in total. The maximum atomic E-state index is 4.95. The van der Waals surface area contributed by atoms with Crippen LogP contribution in [-0.4, -0.2) is 38.2 Å². The molecule has 4 aromatic heterocycles. The predicted octanol–water partition coefficient (Wildman–Crippen LogP) is 2.97. The highest BCUT2D eigenvalue weighted by Crippen LogP contribution is 2.30. The van der Waals surface area contributed by atoms with Crippen molar-refractivity contribution in [2.24, 2.45) is 0 Å². The summed E-state index contributed by atoms with van der Waals surface area (Å²) in [5.74, 6) is 0.533. The van der Waals surface area contributed by atoms with E-state index in [1.165, 1.54) is 5.69 Å². The van der Waals surface area contributed by atoms with Gasteiger partial charge in [-0.05, 0) is 50.2 Å². The van der Waals surface area contributed by atoms with Gasteiger partial charge in [0.15, 0.2) is 0 Å². The van der Waals surface area contributed by atoms with Gasteiger partial charge in [0.05, 0.1) is 11.2 Å². The number of fused-ring (bicyclic) bond motifs is 2. The van der Waals surface area contributed by atoms with Crippen LogP contribution in [0.3, 0.4) is 0 Å². The van der Waals surface area contributed by atoms with Crippen LogP contribution in [0.15, 0.2) is 36.7 Å². The minimum absolute atomic E-state index is 0.533. The molecule has 24 heavy (non-hydrogen) atoms. The summed E-state index contributed by atoms with van der Waals surface area (Å²) in [5.41, 5.74) is 5.98. The quantitative estimate of drug-likeness (QED) is 0.531. The summed E-state index contributed by atoms with van der Waals surface area (Å²) in [6.45, 7) is 2.13. The Bertz CT molecular complexity index is 976. The molecule has 120 valence electrons. The van der Waals surface area contributed by atoms with E-state index in [4.69, 9.17) is 4.98 Å². The summed E-state index contributed by atoms with van der Waals surface area (Å²) in [7, 11) is 0. The van der Waals surface area contributed by atoms with Crippen LogP contribution in [0, 0.1) is 0 Å². The molecule has 4 aromatic rings. The van der Waals surface area contributed by atoms with Crippen LogP contribution in [0.25, 0.3) is 33.3 Å². The standard InChI is InChI=1S/C18H18N6/c1-2-15-17(22-13(1)11-3-6-19-7-4-11)18(24-23-15)16-9-12-10-20-8-5-14(12)21-16/h1-2,5,8-11,19,21H,3-4,6-7H2,(H,23,24). The second-order valence-electron chi connectivity index (χ2n) is 6.37. The Morgan fingerprint density at radius 3 is 2.83 bits per heavy atom. The molecule has 1 saturated heterocycles. The van der Waals surface area contributed by atoms with E-state index in [0.29, 0.717) is 5.92 Å². The molecule has 0 saturated carbocycles. The molecular formula is C18H18N6. The van der Waals surface area contributed by atoms with E-state index in [-0.39, 0.29) is 0 Å². The van der Waals surface area contributed by atoms with Gasteiger partial charge in [-0.1, -0.05) is 0 Å². The van der Waals surface area contributed by atoms with E-state index in [1.807, 2.05) is 12.3 Å². The largest absolute Gasteiger partial charge is 0.353 e. The molecule has 0 atom stereocenters. The van der Waals surface area contributed by atoms with Crippen LogP contribution in [0.2, 0.25) is 0 Å². The summed E-state index contributed by atoms with van der Waals surface area (Å²) in [5, 5.41) is 12.1. The molecule has 6 nitrogen and oxygen atoms in total. The van der Waals surface area contributed by atoms with Gasteiger partial charge in [0.25, 0.3) is 0 Å². The smallest absolute Gasteiger partial charge is 0.135 e. The first-order valence-corrected chi connectivity index (χ1v) is 8.37. The Morgan fingerprint density at radius 1 is 1.04 bits per heavy atom. The molecule has 0 amide bonds. The summed E-state index contributed by atoms with van der Waals surface area (Å²) >= 11 is 0. The summed E-state index contributed by atoms with van der Waals surface area (Å²) in [6, 6.07) is 8.29. The number of pyridine rings is 2. The number of hydrogen-bond acceptors (Lipinski definition) is 4. The Kier molecular flexibility index (Phi) is 3.09. The topological polar surface area (TPSA) is 82.3 Å². The van der Waals surface area contributed by atoms with Crippen molar-refractivity contribution < 1.29 is 0 Å². The lowest BCUT2D eigenvalue weighted by atomic mass is 9.94. The van der Waals surface area contributed by atoms with Gasteiger partial charge >= 0.3 is 0 Å². The monoisotopic (exact) mass is 318 g/mol. The van der Waals surface area contributed by atoms with Gasteiger partial charge in [-0.15, -0.1) is 0 Å². The molecule has 0 aliphatic carbocycles. The van der Waals surface area contributed by atoms with Crippen molar-refractivity contribution in [2.75, 3.05) is 13.1 Å². The van der Waals surface area contributed by atoms with Crippen LogP contribution < -0.4 is 5.32 Å². The number of H-pyrrole nitrogens is 2. The molecule has 0 unspecified atom stereocenters. The van der Waals surface area contributed by atoms with Crippen LogP contribution >= 0.6 is 0 Å². The number of hydrogen-bond donors (Lipinski definition) is 3. The average Bonchev–Trinajstić information content (AvgIpc) is 3.25. The van der Waals surface area contributed by atoms with E-state index >= 15 is 0 Å². The zero-order chi connectivity index (χ0) is 15.9. The molecule has 0 bridgehead atoms. The third-order valence-corrected chi connectivity index (χ3v) is 4.86. The van der Waals surface area contributed by atoms with Crippen molar-refractivity contribution in [3.05, 3.63) is 42.4 Å². The Hall–Kier alpha value is -2.73. The highest BCUT2D eigenvalue weighted by molar-refractivity contribution is 5.93. The SMILES string of the molecule is c1cc2[nH]c(-c3n[nH]c4ccc(C5CCNCC5)nc34)cc2cn1. The first kappa shape index (κ1) is 13.7. The van der Waals surface area contributed by atoms with Gasteiger partial charge in [-0.3, -0.25) is 10.1 Å². The molecule has 5 heterocycles. The lowest BCUT2D eigenvalue weighted by Crippen LogP contribution is -2.27. The zero-order valence-electron chi connectivity index (χ0n) is 13.2. The summed E-state index contributed by atoms with van der Waals surface area (Å²) in [6.07, 6.45) is 5.93. The van der Waals surface area contributed by atoms with E-state index < -0.39 is 0 Å². The van der Waals surface area contributed by atoms with Crippen LogP contribution in [0.5, 0.6) is 0 Å². The Labute approximate surface area is 138 Å². The molecule has 0 radical (unpaired) electrons. The first-order valence-electron chi connectivity index (χ1n) is 8.37. The number of aromatic amines is 2. The van der Waals surface area contributed by atoms with E-state index in [9.17, 15) is 0 Å². The van der Waals surface area contributed by atoms with E-state index in [2.05, 4.69) is 43.7 Å². The van der Waals surface area contributed by atoms with Crippen molar-refractivity contribution in [3.63, 3.8) is 0 Å². The van der Waals surface area contributed by atoms with Gasteiger partial charge in [-0.25, -0.2) is 4.98 Å². The van der Waals surface area contributed by atoms with Crippen LogP contribution in [0.4, 0.5) is 0 Å². The number of nitrogens with one attached hydrogen (secondary N) is 3. The molecule has 1 fully saturated rings. The molecule has 0 spiro atoms. The second-order valence-corrected chi connectivity index (χ2v) is 6.37. The Morgan fingerprint density at radius 2 is 1.96 bits per heavy atom. The lowest BCUT2D eigenvalue weighted by molar-refractivity contribution is 0.454. The highest BCUT2D eigenvalue weighted by Gasteiger charge is 2.19. The third-order valence-electron chi connectivity index (χ3n) is 4.86. The van der Waals surface area contributed by atoms with Gasteiger partial charge in [0.2, 0.25) is 0 Å². The third kappa shape index (κ3) is 2.18. The maximum absolute atomic E-state index is 4.95. The minimum atomic E-state index is 0.533. The number of rotatable bonds is 2. The molecule has 5 rings (SSSR count). The number of nitrogens with zero attached hydrogens (tertiary/aromatic N) is 3. The number of piperidine rings is 1. The van der Waals surface area contributed by atoms with Gasteiger partial charge < -0.3 is 10.3 Å². The highest BCUT2D eigenvalue weighted by atomic mass is 15.1. The van der Waals surface area contributed by atoms with E-state index in [1.54, 1.807) is 6.20 Å². The van der Waals surface area contributed by atoms with E-state index in [0.717, 1.165) is 59.3 Å². The zero-order valence-corrected chi connectivity index (χ0v) is 13.2. The van der Waals surface area contributed by atoms with Crippen molar-refractivity contribution in [1.29, 1.82) is 0 Å².